The number of fused-ring (bicyclic) bond motifs is 1. The van der Waals surface area contributed by atoms with Crippen molar-refractivity contribution in [2.24, 2.45) is 5.41 Å². The van der Waals surface area contributed by atoms with Crippen LogP contribution in [0.2, 0.25) is 0 Å². The van der Waals surface area contributed by atoms with Crippen molar-refractivity contribution in [2.75, 3.05) is 14.2 Å². The Kier molecular flexibility index (Phi) is 3.58. The summed E-state index contributed by atoms with van der Waals surface area (Å²) in [5.74, 6) is 0.117. The largest absolute Gasteiger partial charge is 0.497 e. The van der Waals surface area contributed by atoms with Crippen LogP contribution in [-0.4, -0.2) is 41.6 Å². The zero-order chi connectivity index (χ0) is 16.9. The number of methoxy groups -OCH3 is 1. The monoisotopic (exact) mass is 314 g/mol. The summed E-state index contributed by atoms with van der Waals surface area (Å²) in [7, 11) is 3.56. The van der Waals surface area contributed by atoms with Crippen molar-refractivity contribution in [3.8, 4) is 5.75 Å². The number of rotatable bonds is 2. The Bertz CT molecular complexity index is 756. The Morgan fingerprint density at radius 2 is 2.09 bits per heavy atom. The van der Waals surface area contributed by atoms with Crippen LogP contribution < -0.4 is 4.74 Å². The van der Waals surface area contributed by atoms with Crippen molar-refractivity contribution in [1.82, 2.24) is 0 Å². The molecule has 2 aliphatic rings. The van der Waals surface area contributed by atoms with Crippen LogP contribution in [0.5, 0.6) is 5.75 Å². The van der Waals surface area contributed by atoms with Crippen LogP contribution >= 0.6 is 0 Å². The second kappa shape index (κ2) is 5.22. The highest BCUT2D eigenvalue weighted by atomic mass is 16.5. The van der Waals surface area contributed by atoms with Crippen molar-refractivity contribution in [3.05, 3.63) is 34.9 Å². The van der Waals surface area contributed by atoms with Crippen LogP contribution in [0.25, 0.3) is 5.57 Å². The van der Waals surface area contributed by atoms with Gasteiger partial charge in [-0.1, -0.05) is 19.9 Å². The summed E-state index contributed by atoms with van der Waals surface area (Å²) in [5, 5.41) is 9.46. The Morgan fingerprint density at radius 1 is 1.39 bits per heavy atom. The van der Waals surface area contributed by atoms with Gasteiger partial charge < -0.3 is 9.84 Å². The zero-order valence-corrected chi connectivity index (χ0v) is 14.4. The Morgan fingerprint density at radius 3 is 2.65 bits per heavy atom. The number of carboxylic acids is 1. The maximum absolute atomic E-state index is 11.5. The minimum atomic E-state index is -0.756. The summed E-state index contributed by atoms with van der Waals surface area (Å²) >= 11 is 0. The van der Waals surface area contributed by atoms with Gasteiger partial charge in [-0.2, -0.15) is 0 Å². The molecule has 0 amide bonds. The topological polar surface area (TPSA) is 49.5 Å². The van der Waals surface area contributed by atoms with Gasteiger partial charge in [0.1, 0.15) is 12.8 Å². The van der Waals surface area contributed by atoms with Crippen LogP contribution in [0, 0.1) is 5.41 Å². The van der Waals surface area contributed by atoms with Gasteiger partial charge in [0.15, 0.2) is 5.71 Å². The predicted octanol–water partition coefficient (Wildman–Crippen LogP) is 2.99. The summed E-state index contributed by atoms with van der Waals surface area (Å²) < 4.78 is 7.24. The van der Waals surface area contributed by atoms with Crippen LogP contribution in [0.15, 0.2) is 23.8 Å². The number of hydrogen-bond donors (Lipinski definition) is 1. The molecule has 1 atom stereocenters. The molecule has 1 aromatic carbocycles. The lowest BCUT2D eigenvalue weighted by molar-refractivity contribution is -0.518. The first-order valence-electron chi connectivity index (χ1n) is 7.96. The molecule has 1 N–H and O–H groups in total. The molecule has 0 spiro atoms. The molecule has 1 aliphatic heterocycles. The van der Waals surface area contributed by atoms with Crippen LogP contribution in [0.3, 0.4) is 0 Å². The average Bonchev–Trinajstić information content (AvgIpc) is 2.91. The van der Waals surface area contributed by atoms with Crippen molar-refractivity contribution < 1.29 is 19.2 Å². The molecule has 0 saturated carbocycles. The van der Waals surface area contributed by atoms with Gasteiger partial charge in [-0.05, 0) is 40.7 Å². The molecule has 4 heteroatoms. The molecule has 0 saturated heterocycles. The first-order chi connectivity index (χ1) is 10.8. The van der Waals surface area contributed by atoms with Gasteiger partial charge >= 0.3 is 5.97 Å². The van der Waals surface area contributed by atoms with E-state index >= 15 is 0 Å². The normalized spacial score (nSPS) is 25.7. The van der Waals surface area contributed by atoms with Crippen molar-refractivity contribution in [3.63, 3.8) is 0 Å². The van der Waals surface area contributed by atoms with Crippen molar-refractivity contribution in [2.45, 2.75) is 39.7 Å². The molecule has 0 bridgehead atoms. The number of ether oxygens (including phenoxy) is 1. The van der Waals surface area contributed by atoms with E-state index in [2.05, 4.69) is 26.0 Å². The number of allylic oxidation sites excluding steroid dienone is 1. The number of nitrogens with zero attached hydrogens (tertiary/aromatic N) is 1. The molecular weight excluding hydrogens is 290 g/mol. The summed E-state index contributed by atoms with van der Waals surface area (Å²) in [6.07, 6.45) is 1.52. The van der Waals surface area contributed by atoms with E-state index in [4.69, 9.17) is 4.74 Å². The van der Waals surface area contributed by atoms with E-state index in [9.17, 15) is 9.90 Å². The molecule has 122 valence electrons. The smallest absolute Gasteiger partial charge is 0.373 e. The van der Waals surface area contributed by atoms with E-state index in [1.54, 1.807) is 7.11 Å². The summed E-state index contributed by atoms with van der Waals surface area (Å²) in [5.41, 5.74) is 6.08. The molecule has 1 unspecified atom stereocenters. The lowest BCUT2D eigenvalue weighted by Crippen LogP contribution is -2.28. The lowest BCUT2D eigenvalue weighted by Gasteiger charge is -2.22. The van der Waals surface area contributed by atoms with E-state index in [1.165, 1.54) is 22.3 Å². The molecule has 4 nitrogen and oxygen atoms in total. The first-order valence-corrected chi connectivity index (χ1v) is 7.96. The molecule has 1 aromatic rings. The Balaban J connectivity index is 2.19. The van der Waals surface area contributed by atoms with Gasteiger partial charge in [0.2, 0.25) is 0 Å². The van der Waals surface area contributed by atoms with E-state index in [1.807, 2.05) is 24.6 Å². The van der Waals surface area contributed by atoms with E-state index in [0.717, 1.165) is 17.9 Å². The minimum absolute atomic E-state index is 0.000471. The van der Waals surface area contributed by atoms with Gasteiger partial charge in [-0.25, -0.2) is 9.37 Å². The fourth-order valence-electron chi connectivity index (χ4n) is 4.05. The first kappa shape index (κ1) is 15.8. The fourth-order valence-corrected chi connectivity index (χ4v) is 4.05. The van der Waals surface area contributed by atoms with Crippen LogP contribution in [0.1, 0.15) is 38.3 Å². The second-order valence-corrected chi connectivity index (χ2v) is 7.19. The molecular formula is C19H24NO3+. The third kappa shape index (κ3) is 2.37. The van der Waals surface area contributed by atoms with Crippen LogP contribution in [-0.2, 0) is 11.2 Å². The third-order valence-corrected chi connectivity index (χ3v) is 5.31. The molecule has 1 aliphatic carbocycles. The number of carbonyl (C=O) groups is 1. The SMILES string of the molecule is COc1ccc2c(c1)CC(C)(C)/C2=C1\CC(C(=O)O)[N+](C)=C1C. The average molecular weight is 314 g/mol. The molecule has 1 heterocycles. The lowest BCUT2D eigenvalue weighted by atomic mass is 9.80. The molecule has 0 fully saturated rings. The maximum Gasteiger partial charge on any atom is 0.373 e. The van der Waals surface area contributed by atoms with Crippen molar-refractivity contribution >= 4 is 17.3 Å². The summed E-state index contributed by atoms with van der Waals surface area (Å²) in [4.78, 5) is 11.5. The summed E-state index contributed by atoms with van der Waals surface area (Å²) in [6.45, 7) is 6.51. The number of aliphatic carboxylic acids is 1. The number of benzene rings is 1. The van der Waals surface area contributed by atoms with E-state index in [-0.39, 0.29) is 5.41 Å². The van der Waals surface area contributed by atoms with Gasteiger partial charge in [0.05, 0.1) is 13.5 Å². The summed E-state index contributed by atoms with van der Waals surface area (Å²) in [6, 6.07) is 5.75. The highest BCUT2D eigenvalue weighted by Gasteiger charge is 2.44. The predicted molar refractivity (Wildman–Crippen MR) is 90.3 cm³/mol. The minimum Gasteiger partial charge on any atom is -0.497 e. The van der Waals surface area contributed by atoms with E-state index < -0.39 is 12.0 Å². The van der Waals surface area contributed by atoms with Gasteiger partial charge in [0, 0.05) is 12.5 Å². The van der Waals surface area contributed by atoms with Crippen molar-refractivity contribution in [1.29, 1.82) is 0 Å². The fraction of sp³-hybridized carbons (Fsp3) is 0.474. The number of carboxylic acid groups (broad SMARTS) is 1. The number of likely N-dealkylation sites (N-methyl/N-ethyl adjacent to an activating group) is 1. The second-order valence-electron chi connectivity index (χ2n) is 7.19. The zero-order valence-electron chi connectivity index (χ0n) is 14.4. The Hall–Kier alpha value is -2.10. The Labute approximate surface area is 137 Å². The van der Waals surface area contributed by atoms with Crippen LogP contribution in [0.4, 0.5) is 0 Å². The quantitative estimate of drug-likeness (QED) is 0.854. The molecule has 0 radical (unpaired) electrons. The standard InChI is InChI=1S/C19H23NO3/c1-11-15(9-16(18(21)22)20(11)4)17-14-7-6-13(23-5)8-12(14)10-19(17,2)3/h6-8,16H,9-10H2,1-5H3/p+1/b17-15+. The highest BCUT2D eigenvalue weighted by molar-refractivity contribution is 6.06. The molecule has 23 heavy (non-hydrogen) atoms. The molecule has 3 rings (SSSR count). The third-order valence-electron chi connectivity index (χ3n) is 5.31. The highest BCUT2D eigenvalue weighted by Crippen LogP contribution is 2.50. The molecule has 0 aromatic heterocycles. The van der Waals surface area contributed by atoms with Gasteiger partial charge in [-0.15, -0.1) is 0 Å². The van der Waals surface area contributed by atoms with Gasteiger partial charge in [0.25, 0.3) is 6.04 Å². The van der Waals surface area contributed by atoms with E-state index in [0.29, 0.717) is 6.42 Å². The number of hydrogen-bond acceptors (Lipinski definition) is 2. The maximum atomic E-state index is 11.5. The van der Waals surface area contributed by atoms with Gasteiger partial charge in [-0.3, -0.25) is 0 Å².